The first-order valence-electron chi connectivity index (χ1n) is 6.28. The maximum absolute atomic E-state index is 11.8. The van der Waals surface area contributed by atoms with Crippen molar-refractivity contribution in [2.24, 2.45) is 0 Å². The number of sulfone groups is 1. The predicted octanol–water partition coefficient (Wildman–Crippen LogP) is -0.210. The van der Waals surface area contributed by atoms with Crippen LogP contribution < -0.4 is 10.6 Å². The molecule has 0 bridgehead atoms. The SMILES string of the molecule is CC(O)CNCCNC(=O)c1ccc(S(C)(=O)=O)cc1. The number of rotatable bonds is 7. The highest BCUT2D eigenvalue weighted by Crippen LogP contribution is 2.10. The van der Waals surface area contributed by atoms with Crippen LogP contribution in [0, 0.1) is 0 Å². The second-order valence-corrected chi connectivity index (χ2v) is 6.62. The Labute approximate surface area is 119 Å². The van der Waals surface area contributed by atoms with Crippen LogP contribution in [0.15, 0.2) is 29.2 Å². The molecule has 0 heterocycles. The van der Waals surface area contributed by atoms with Crippen LogP contribution in [0.5, 0.6) is 0 Å². The number of nitrogens with one attached hydrogen (secondary N) is 2. The number of aliphatic hydroxyl groups is 1. The van der Waals surface area contributed by atoms with Crippen LogP contribution in [0.2, 0.25) is 0 Å². The fraction of sp³-hybridized carbons (Fsp3) is 0.462. The van der Waals surface area contributed by atoms with E-state index < -0.39 is 15.9 Å². The first-order chi connectivity index (χ1) is 9.30. The van der Waals surface area contributed by atoms with Gasteiger partial charge in [-0.2, -0.15) is 0 Å². The topological polar surface area (TPSA) is 95.5 Å². The minimum Gasteiger partial charge on any atom is -0.392 e. The number of aliphatic hydroxyl groups excluding tert-OH is 1. The van der Waals surface area contributed by atoms with E-state index in [0.717, 1.165) is 6.26 Å². The van der Waals surface area contributed by atoms with Gasteiger partial charge < -0.3 is 15.7 Å². The van der Waals surface area contributed by atoms with Gasteiger partial charge in [0.05, 0.1) is 11.0 Å². The molecular formula is C13H20N2O4S. The highest BCUT2D eigenvalue weighted by atomic mass is 32.2. The Morgan fingerprint density at radius 1 is 1.25 bits per heavy atom. The van der Waals surface area contributed by atoms with Crippen LogP contribution in [0.25, 0.3) is 0 Å². The average Bonchev–Trinajstić information content (AvgIpc) is 2.37. The fourth-order valence-corrected chi connectivity index (χ4v) is 2.16. The molecule has 0 aliphatic heterocycles. The lowest BCUT2D eigenvalue weighted by molar-refractivity contribution is 0.0953. The van der Waals surface area contributed by atoms with E-state index in [2.05, 4.69) is 10.6 Å². The Bertz CT molecular complexity index is 538. The molecule has 1 aromatic rings. The molecule has 0 spiro atoms. The van der Waals surface area contributed by atoms with E-state index in [1.165, 1.54) is 24.3 Å². The molecule has 1 atom stereocenters. The lowest BCUT2D eigenvalue weighted by atomic mass is 10.2. The molecule has 0 saturated heterocycles. The largest absolute Gasteiger partial charge is 0.392 e. The van der Waals surface area contributed by atoms with Crippen molar-refractivity contribution >= 4 is 15.7 Å². The maximum Gasteiger partial charge on any atom is 0.251 e. The zero-order chi connectivity index (χ0) is 15.2. The number of hydrogen-bond donors (Lipinski definition) is 3. The summed E-state index contributed by atoms with van der Waals surface area (Å²) in [7, 11) is -3.24. The summed E-state index contributed by atoms with van der Waals surface area (Å²) in [5, 5.41) is 14.7. The second-order valence-electron chi connectivity index (χ2n) is 4.61. The zero-order valence-electron chi connectivity index (χ0n) is 11.6. The van der Waals surface area contributed by atoms with Gasteiger partial charge in [-0.15, -0.1) is 0 Å². The minimum atomic E-state index is -3.24. The quantitative estimate of drug-likeness (QED) is 0.606. The lowest BCUT2D eigenvalue weighted by Gasteiger charge is -2.08. The zero-order valence-corrected chi connectivity index (χ0v) is 12.4. The first kappa shape index (κ1) is 16.6. The molecule has 0 saturated carbocycles. The van der Waals surface area contributed by atoms with Gasteiger partial charge in [0.2, 0.25) is 0 Å². The molecule has 112 valence electrons. The fourth-order valence-electron chi connectivity index (χ4n) is 1.53. The molecule has 0 aliphatic carbocycles. The molecule has 0 aliphatic rings. The van der Waals surface area contributed by atoms with Crippen LogP contribution in [0.3, 0.4) is 0 Å². The Morgan fingerprint density at radius 2 is 1.85 bits per heavy atom. The summed E-state index contributed by atoms with van der Waals surface area (Å²) in [6.45, 7) is 3.13. The highest BCUT2D eigenvalue weighted by molar-refractivity contribution is 7.90. The van der Waals surface area contributed by atoms with Crippen molar-refractivity contribution < 1.29 is 18.3 Å². The summed E-state index contributed by atoms with van der Waals surface area (Å²) >= 11 is 0. The molecule has 1 rings (SSSR count). The van der Waals surface area contributed by atoms with Gasteiger partial charge in [-0.05, 0) is 31.2 Å². The van der Waals surface area contributed by atoms with Crippen molar-refractivity contribution in [2.45, 2.75) is 17.9 Å². The van der Waals surface area contributed by atoms with E-state index >= 15 is 0 Å². The summed E-state index contributed by atoms with van der Waals surface area (Å²) in [4.78, 5) is 12.0. The molecule has 0 aromatic heterocycles. The van der Waals surface area contributed by atoms with Gasteiger partial charge in [0.15, 0.2) is 9.84 Å². The normalized spacial score (nSPS) is 12.9. The Balaban J connectivity index is 2.44. The number of hydrogen-bond acceptors (Lipinski definition) is 5. The van der Waals surface area contributed by atoms with Gasteiger partial charge >= 0.3 is 0 Å². The molecule has 0 fully saturated rings. The van der Waals surface area contributed by atoms with Crippen LogP contribution in [0.1, 0.15) is 17.3 Å². The van der Waals surface area contributed by atoms with Crippen molar-refractivity contribution in [3.8, 4) is 0 Å². The molecule has 7 heteroatoms. The lowest BCUT2D eigenvalue weighted by Crippen LogP contribution is -2.34. The summed E-state index contributed by atoms with van der Waals surface area (Å²) in [6.07, 6.45) is 0.699. The van der Waals surface area contributed by atoms with E-state index in [1.807, 2.05) is 0 Å². The van der Waals surface area contributed by atoms with E-state index in [4.69, 9.17) is 5.11 Å². The molecule has 0 radical (unpaired) electrons. The van der Waals surface area contributed by atoms with E-state index in [9.17, 15) is 13.2 Å². The van der Waals surface area contributed by atoms with E-state index in [0.29, 0.717) is 25.2 Å². The third kappa shape index (κ3) is 5.68. The van der Waals surface area contributed by atoms with E-state index in [1.54, 1.807) is 6.92 Å². The highest BCUT2D eigenvalue weighted by Gasteiger charge is 2.09. The summed E-state index contributed by atoms with van der Waals surface area (Å²) in [5.74, 6) is -0.260. The van der Waals surface area contributed by atoms with Crippen molar-refractivity contribution in [3.05, 3.63) is 29.8 Å². The van der Waals surface area contributed by atoms with Crippen molar-refractivity contribution in [1.82, 2.24) is 10.6 Å². The van der Waals surface area contributed by atoms with Gasteiger partial charge in [-0.1, -0.05) is 0 Å². The van der Waals surface area contributed by atoms with Crippen LogP contribution in [0.4, 0.5) is 0 Å². The molecular weight excluding hydrogens is 280 g/mol. The van der Waals surface area contributed by atoms with Crippen molar-refractivity contribution in [1.29, 1.82) is 0 Å². The number of carbonyl (C=O) groups excluding carboxylic acids is 1. The molecule has 1 aromatic carbocycles. The third-order valence-electron chi connectivity index (χ3n) is 2.57. The van der Waals surface area contributed by atoms with Gasteiger partial charge in [0.25, 0.3) is 5.91 Å². The molecule has 1 amide bonds. The Hall–Kier alpha value is -1.44. The van der Waals surface area contributed by atoms with Gasteiger partial charge in [0, 0.05) is 31.5 Å². The smallest absolute Gasteiger partial charge is 0.251 e. The van der Waals surface area contributed by atoms with Crippen molar-refractivity contribution in [2.75, 3.05) is 25.9 Å². The van der Waals surface area contributed by atoms with Crippen molar-refractivity contribution in [3.63, 3.8) is 0 Å². The molecule has 1 unspecified atom stereocenters. The molecule has 3 N–H and O–H groups in total. The number of amides is 1. The monoisotopic (exact) mass is 300 g/mol. The first-order valence-corrected chi connectivity index (χ1v) is 8.17. The summed E-state index contributed by atoms with van der Waals surface area (Å²) < 4.78 is 22.6. The predicted molar refractivity (Wildman–Crippen MR) is 76.4 cm³/mol. The maximum atomic E-state index is 11.8. The van der Waals surface area contributed by atoms with Gasteiger partial charge in [0.1, 0.15) is 0 Å². The second kappa shape index (κ2) is 7.37. The molecule has 20 heavy (non-hydrogen) atoms. The summed E-state index contributed by atoms with van der Waals surface area (Å²) in [5.41, 5.74) is 0.410. The summed E-state index contributed by atoms with van der Waals surface area (Å²) in [6, 6.07) is 5.79. The standard InChI is InChI=1S/C13H20N2O4S/c1-10(16)9-14-7-8-15-13(17)11-3-5-12(6-4-11)20(2,18)19/h3-6,10,14,16H,7-9H2,1-2H3,(H,15,17). The Kier molecular flexibility index (Phi) is 6.12. The van der Waals surface area contributed by atoms with E-state index in [-0.39, 0.29) is 10.8 Å². The number of benzene rings is 1. The minimum absolute atomic E-state index is 0.188. The van der Waals surface area contributed by atoms with Gasteiger partial charge in [-0.25, -0.2) is 8.42 Å². The van der Waals surface area contributed by atoms with Crippen LogP contribution in [-0.4, -0.2) is 51.4 Å². The third-order valence-corrected chi connectivity index (χ3v) is 3.70. The number of carbonyl (C=O) groups is 1. The molecule has 6 nitrogen and oxygen atoms in total. The van der Waals surface area contributed by atoms with Crippen LogP contribution in [-0.2, 0) is 9.84 Å². The Morgan fingerprint density at radius 3 is 2.35 bits per heavy atom. The van der Waals surface area contributed by atoms with Crippen LogP contribution >= 0.6 is 0 Å². The average molecular weight is 300 g/mol. The van der Waals surface area contributed by atoms with Gasteiger partial charge in [-0.3, -0.25) is 4.79 Å².